The first-order chi connectivity index (χ1) is 13.0. The van der Waals surface area contributed by atoms with Gasteiger partial charge in [0.15, 0.2) is 0 Å². The van der Waals surface area contributed by atoms with Crippen molar-refractivity contribution in [2.75, 3.05) is 25.4 Å². The maximum atomic E-state index is 12.8. The highest BCUT2D eigenvalue weighted by molar-refractivity contribution is 5.88. The average Bonchev–Trinajstić information content (AvgIpc) is 2.68. The number of rotatable bonds is 7. The van der Waals surface area contributed by atoms with Gasteiger partial charge in [-0.2, -0.15) is 0 Å². The summed E-state index contributed by atoms with van der Waals surface area (Å²) in [5.74, 6) is 0.842. The number of aliphatic hydroxyl groups excluding tert-OH is 1. The van der Waals surface area contributed by atoms with Crippen molar-refractivity contribution < 1.29 is 14.6 Å². The Morgan fingerprint density at radius 3 is 2.63 bits per heavy atom. The van der Waals surface area contributed by atoms with Crippen LogP contribution in [0, 0.1) is 5.92 Å². The van der Waals surface area contributed by atoms with Crippen molar-refractivity contribution in [3.05, 3.63) is 60.2 Å². The van der Waals surface area contributed by atoms with Gasteiger partial charge in [0.2, 0.25) is 0 Å². The maximum Gasteiger partial charge on any atom is 0.140 e. The van der Waals surface area contributed by atoms with Gasteiger partial charge in [-0.15, -0.1) is 0 Å². The zero-order valence-corrected chi connectivity index (χ0v) is 15.7. The van der Waals surface area contributed by atoms with Crippen LogP contribution in [0.4, 0.5) is 5.69 Å². The van der Waals surface area contributed by atoms with Gasteiger partial charge in [0.25, 0.3) is 0 Å². The number of nitrogens with two attached hydrogens (primary N) is 1. The van der Waals surface area contributed by atoms with E-state index in [0.29, 0.717) is 24.4 Å². The maximum absolute atomic E-state index is 12.8. The van der Waals surface area contributed by atoms with Gasteiger partial charge < -0.3 is 20.9 Å². The second kappa shape index (κ2) is 8.55. The Morgan fingerprint density at radius 2 is 1.96 bits per heavy atom. The number of hydrogen-bond acceptors (Lipinski definition) is 5. The van der Waals surface area contributed by atoms with Gasteiger partial charge in [-0.3, -0.25) is 4.79 Å². The third-order valence-electron chi connectivity index (χ3n) is 5.58. The van der Waals surface area contributed by atoms with Gasteiger partial charge in [-0.1, -0.05) is 30.3 Å². The van der Waals surface area contributed by atoms with Crippen molar-refractivity contribution in [2.24, 2.45) is 5.92 Å². The highest BCUT2D eigenvalue weighted by atomic mass is 16.5. The zero-order chi connectivity index (χ0) is 19.3. The van der Waals surface area contributed by atoms with Crippen molar-refractivity contribution in [2.45, 2.75) is 31.3 Å². The SMILES string of the molecule is CC(=O)[C@@]1(c2ccccc2)CCNC[C@H]1C[C@H](O)COc1ccc(N)cc1. The van der Waals surface area contributed by atoms with E-state index in [4.69, 9.17) is 10.5 Å². The van der Waals surface area contributed by atoms with E-state index in [2.05, 4.69) is 5.32 Å². The molecule has 2 aromatic rings. The van der Waals surface area contributed by atoms with Crippen LogP contribution < -0.4 is 15.8 Å². The number of ether oxygens (including phenoxy) is 1. The highest BCUT2D eigenvalue weighted by Crippen LogP contribution is 2.41. The third-order valence-corrected chi connectivity index (χ3v) is 5.58. The molecule has 2 aromatic carbocycles. The van der Waals surface area contributed by atoms with E-state index < -0.39 is 11.5 Å². The molecule has 0 amide bonds. The topological polar surface area (TPSA) is 84.6 Å². The number of carbonyl (C=O) groups excluding carboxylic acids is 1. The zero-order valence-electron chi connectivity index (χ0n) is 15.7. The first-order valence-electron chi connectivity index (χ1n) is 9.46. The predicted octanol–water partition coefficient (Wildman–Crippen LogP) is 2.54. The van der Waals surface area contributed by atoms with Crippen LogP contribution in [0.3, 0.4) is 0 Å². The number of aliphatic hydroxyl groups is 1. The molecule has 5 heteroatoms. The minimum atomic E-state index is -0.658. The van der Waals surface area contributed by atoms with Crippen LogP contribution in [0.5, 0.6) is 5.75 Å². The Labute approximate surface area is 160 Å². The van der Waals surface area contributed by atoms with Gasteiger partial charge in [-0.25, -0.2) is 0 Å². The van der Waals surface area contributed by atoms with E-state index >= 15 is 0 Å². The molecular formula is C22H28N2O3. The number of carbonyl (C=O) groups is 1. The van der Waals surface area contributed by atoms with E-state index in [0.717, 1.165) is 18.5 Å². The molecule has 0 spiro atoms. The van der Waals surface area contributed by atoms with E-state index in [9.17, 15) is 9.90 Å². The Balaban J connectivity index is 1.72. The van der Waals surface area contributed by atoms with Crippen molar-refractivity contribution >= 4 is 11.5 Å². The van der Waals surface area contributed by atoms with Crippen LogP contribution in [0.1, 0.15) is 25.3 Å². The Hall–Kier alpha value is -2.37. The third kappa shape index (κ3) is 4.31. The fourth-order valence-electron chi connectivity index (χ4n) is 4.16. The lowest BCUT2D eigenvalue weighted by atomic mass is 9.62. The molecule has 0 saturated carbocycles. The van der Waals surface area contributed by atoms with Gasteiger partial charge >= 0.3 is 0 Å². The second-order valence-electron chi connectivity index (χ2n) is 7.31. The lowest BCUT2D eigenvalue weighted by molar-refractivity contribution is -0.126. The molecule has 0 bridgehead atoms. The summed E-state index contributed by atoms with van der Waals surface area (Å²) in [6, 6.07) is 17.1. The number of nitrogen functional groups attached to an aromatic ring is 1. The van der Waals surface area contributed by atoms with Gasteiger partial charge in [0, 0.05) is 5.69 Å². The molecular weight excluding hydrogens is 340 g/mol. The van der Waals surface area contributed by atoms with Gasteiger partial charge in [-0.05, 0) is 68.6 Å². The molecule has 0 radical (unpaired) electrons. The molecule has 144 valence electrons. The van der Waals surface area contributed by atoms with E-state index in [-0.39, 0.29) is 18.3 Å². The minimum absolute atomic E-state index is 0.0103. The average molecular weight is 368 g/mol. The molecule has 1 saturated heterocycles. The summed E-state index contributed by atoms with van der Waals surface area (Å²) >= 11 is 0. The van der Waals surface area contributed by atoms with E-state index in [1.165, 1.54) is 0 Å². The standard InChI is InChI=1S/C22H28N2O3/c1-16(25)22(17-5-3-2-4-6-17)11-12-24-14-18(22)13-20(26)15-27-21-9-7-19(23)8-10-21/h2-10,18,20,24,26H,11-15,23H2,1H3/t18-,20+,22-/m1/s1. The number of ketones is 1. The lowest BCUT2D eigenvalue weighted by Gasteiger charge is -2.44. The normalized spacial score (nSPS) is 23.6. The first-order valence-corrected chi connectivity index (χ1v) is 9.46. The van der Waals surface area contributed by atoms with Crippen LogP contribution in [-0.4, -0.2) is 36.7 Å². The molecule has 3 rings (SSSR count). The molecule has 4 N–H and O–H groups in total. The van der Waals surface area contributed by atoms with Crippen molar-refractivity contribution in [3.8, 4) is 5.75 Å². The Kier molecular flexibility index (Phi) is 6.14. The number of Topliss-reactive ketones (excluding diaryl/α,β-unsaturated/α-hetero) is 1. The van der Waals surface area contributed by atoms with Crippen molar-refractivity contribution in [1.82, 2.24) is 5.32 Å². The summed E-state index contributed by atoms with van der Waals surface area (Å²) in [7, 11) is 0. The largest absolute Gasteiger partial charge is 0.491 e. The highest BCUT2D eigenvalue weighted by Gasteiger charge is 2.46. The number of anilines is 1. The second-order valence-corrected chi connectivity index (χ2v) is 7.31. The Morgan fingerprint density at radius 1 is 1.26 bits per heavy atom. The van der Waals surface area contributed by atoms with E-state index in [1.54, 1.807) is 31.2 Å². The Bertz CT molecular complexity index is 748. The number of nitrogens with one attached hydrogen (secondary N) is 1. The number of piperidine rings is 1. The first kappa shape index (κ1) is 19.4. The summed E-state index contributed by atoms with van der Waals surface area (Å²) in [6.07, 6.45) is 0.578. The van der Waals surface area contributed by atoms with Crippen LogP contribution in [-0.2, 0) is 10.2 Å². The minimum Gasteiger partial charge on any atom is -0.491 e. The van der Waals surface area contributed by atoms with E-state index in [1.807, 2.05) is 30.3 Å². The monoisotopic (exact) mass is 368 g/mol. The van der Waals surface area contributed by atoms with Crippen LogP contribution in [0.15, 0.2) is 54.6 Å². The van der Waals surface area contributed by atoms with Crippen molar-refractivity contribution in [3.63, 3.8) is 0 Å². The van der Waals surface area contributed by atoms with Gasteiger partial charge in [0.05, 0.1) is 11.5 Å². The van der Waals surface area contributed by atoms with Crippen LogP contribution >= 0.6 is 0 Å². The summed E-state index contributed by atoms with van der Waals surface area (Å²) in [5.41, 5.74) is 6.82. The predicted molar refractivity (Wildman–Crippen MR) is 107 cm³/mol. The molecule has 0 aliphatic carbocycles. The fraction of sp³-hybridized carbons (Fsp3) is 0.409. The molecule has 5 nitrogen and oxygen atoms in total. The van der Waals surface area contributed by atoms with Crippen molar-refractivity contribution in [1.29, 1.82) is 0 Å². The lowest BCUT2D eigenvalue weighted by Crippen LogP contribution is -2.53. The molecule has 0 unspecified atom stereocenters. The molecule has 0 aromatic heterocycles. The summed E-state index contributed by atoms with van der Waals surface area (Å²) in [6.45, 7) is 3.35. The van der Waals surface area contributed by atoms with Crippen LogP contribution in [0.25, 0.3) is 0 Å². The molecule has 3 atom stereocenters. The molecule has 1 aliphatic rings. The van der Waals surface area contributed by atoms with Crippen LogP contribution in [0.2, 0.25) is 0 Å². The van der Waals surface area contributed by atoms with Gasteiger partial charge in [0.1, 0.15) is 18.1 Å². The summed E-state index contributed by atoms with van der Waals surface area (Å²) in [4.78, 5) is 12.8. The smallest absolute Gasteiger partial charge is 0.140 e. The number of benzene rings is 2. The number of hydrogen-bond donors (Lipinski definition) is 3. The fourth-order valence-corrected chi connectivity index (χ4v) is 4.16. The molecule has 1 fully saturated rings. The quantitative estimate of drug-likeness (QED) is 0.654. The summed E-state index contributed by atoms with van der Waals surface area (Å²) in [5, 5.41) is 14.0. The molecule has 1 heterocycles. The summed E-state index contributed by atoms with van der Waals surface area (Å²) < 4.78 is 5.69. The molecule has 27 heavy (non-hydrogen) atoms. The molecule has 1 aliphatic heterocycles.